The van der Waals surface area contributed by atoms with Crippen molar-refractivity contribution in [2.45, 2.75) is 26.2 Å². The Morgan fingerprint density at radius 1 is 1.33 bits per heavy atom. The molecular weight excluding hydrogens is 232 g/mol. The van der Waals surface area contributed by atoms with Crippen LogP contribution < -0.4 is 5.32 Å². The number of nitrogens with zero attached hydrogens (tertiary/aromatic N) is 1. The summed E-state index contributed by atoms with van der Waals surface area (Å²) in [6.45, 7) is 4.52. The van der Waals surface area contributed by atoms with Crippen molar-refractivity contribution in [3.05, 3.63) is 30.1 Å². The highest BCUT2D eigenvalue weighted by Crippen LogP contribution is 2.19. The fourth-order valence-electron chi connectivity index (χ4n) is 1.52. The lowest BCUT2D eigenvalue weighted by molar-refractivity contribution is -0.140. The zero-order valence-corrected chi connectivity index (χ0v) is 10.6. The van der Waals surface area contributed by atoms with E-state index in [9.17, 15) is 9.59 Å². The number of amides is 1. The molecule has 2 N–H and O–H groups in total. The van der Waals surface area contributed by atoms with E-state index in [-0.39, 0.29) is 12.3 Å². The third-order valence-corrected chi connectivity index (χ3v) is 2.50. The summed E-state index contributed by atoms with van der Waals surface area (Å²) >= 11 is 0. The van der Waals surface area contributed by atoms with Crippen molar-refractivity contribution in [2.75, 3.05) is 6.54 Å². The van der Waals surface area contributed by atoms with Crippen LogP contribution in [-0.2, 0) is 9.59 Å². The van der Waals surface area contributed by atoms with E-state index in [2.05, 4.69) is 10.3 Å². The number of aromatic nitrogens is 1. The molecule has 1 unspecified atom stereocenters. The quantitative estimate of drug-likeness (QED) is 0.800. The van der Waals surface area contributed by atoms with E-state index in [0.29, 0.717) is 18.0 Å². The molecule has 1 amide bonds. The van der Waals surface area contributed by atoms with Gasteiger partial charge in [0.05, 0.1) is 5.92 Å². The number of hydrogen-bond acceptors (Lipinski definition) is 3. The average molecular weight is 250 g/mol. The van der Waals surface area contributed by atoms with E-state index in [1.54, 1.807) is 12.1 Å². The molecule has 0 aromatic carbocycles. The van der Waals surface area contributed by atoms with Crippen LogP contribution in [0.25, 0.3) is 0 Å². The molecule has 0 radical (unpaired) electrons. The Labute approximate surface area is 106 Å². The smallest absolute Gasteiger partial charge is 0.311 e. The van der Waals surface area contributed by atoms with Crippen LogP contribution in [0.1, 0.15) is 31.7 Å². The third-order valence-electron chi connectivity index (χ3n) is 2.50. The maximum Gasteiger partial charge on any atom is 0.311 e. The summed E-state index contributed by atoms with van der Waals surface area (Å²) in [4.78, 5) is 26.7. The number of carboxylic acids is 1. The minimum Gasteiger partial charge on any atom is -0.481 e. The predicted octanol–water partition coefficient (Wildman–Crippen LogP) is 1.41. The summed E-state index contributed by atoms with van der Waals surface area (Å²) in [6, 6.07) is 3.24. The number of aliphatic carboxylic acids is 1. The van der Waals surface area contributed by atoms with E-state index >= 15 is 0 Å². The molecule has 0 bridgehead atoms. The molecule has 1 aromatic rings. The van der Waals surface area contributed by atoms with Crippen molar-refractivity contribution < 1.29 is 14.7 Å². The Balaban J connectivity index is 2.65. The van der Waals surface area contributed by atoms with Crippen molar-refractivity contribution in [1.82, 2.24) is 10.3 Å². The molecule has 0 aliphatic heterocycles. The van der Waals surface area contributed by atoms with Crippen molar-refractivity contribution in [3.63, 3.8) is 0 Å². The summed E-state index contributed by atoms with van der Waals surface area (Å²) in [5.74, 6) is -1.72. The molecule has 18 heavy (non-hydrogen) atoms. The van der Waals surface area contributed by atoms with Crippen LogP contribution in [0.2, 0.25) is 0 Å². The number of carboxylic acid groups (broad SMARTS) is 1. The summed E-state index contributed by atoms with van der Waals surface area (Å²) in [6.07, 6.45) is 3.00. The summed E-state index contributed by atoms with van der Waals surface area (Å²) in [5.41, 5.74) is 0.595. The van der Waals surface area contributed by atoms with Gasteiger partial charge in [0.25, 0.3) is 0 Å². The predicted molar refractivity (Wildman–Crippen MR) is 67.1 cm³/mol. The van der Waals surface area contributed by atoms with Gasteiger partial charge < -0.3 is 10.4 Å². The Morgan fingerprint density at radius 2 is 1.94 bits per heavy atom. The van der Waals surface area contributed by atoms with Crippen molar-refractivity contribution in [1.29, 1.82) is 0 Å². The fraction of sp³-hybridized carbons (Fsp3) is 0.462. The van der Waals surface area contributed by atoms with Gasteiger partial charge in [-0.15, -0.1) is 0 Å². The molecule has 1 heterocycles. The van der Waals surface area contributed by atoms with E-state index < -0.39 is 11.9 Å². The zero-order valence-electron chi connectivity index (χ0n) is 10.6. The van der Waals surface area contributed by atoms with Crippen LogP contribution in [0.15, 0.2) is 24.5 Å². The van der Waals surface area contributed by atoms with Crippen LogP contribution >= 0.6 is 0 Å². The largest absolute Gasteiger partial charge is 0.481 e. The highest BCUT2D eigenvalue weighted by atomic mass is 16.4. The number of rotatable bonds is 6. The average Bonchev–Trinajstić information content (AvgIpc) is 2.34. The van der Waals surface area contributed by atoms with Gasteiger partial charge in [0, 0.05) is 25.4 Å². The zero-order chi connectivity index (χ0) is 13.5. The van der Waals surface area contributed by atoms with Gasteiger partial charge in [-0.25, -0.2) is 0 Å². The van der Waals surface area contributed by atoms with Gasteiger partial charge in [-0.1, -0.05) is 13.8 Å². The number of nitrogens with one attached hydrogen (secondary N) is 1. The molecule has 1 aromatic heterocycles. The van der Waals surface area contributed by atoms with Gasteiger partial charge in [-0.2, -0.15) is 0 Å². The number of pyridine rings is 1. The first-order valence-electron chi connectivity index (χ1n) is 5.90. The minimum absolute atomic E-state index is 0.0495. The normalized spacial score (nSPS) is 12.2. The van der Waals surface area contributed by atoms with E-state index in [4.69, 9.17) is 5.11 Å². The lowest BCUT2D eigenvalue weighted by Crippen LogP contribution is -2.30. The van der Waals surface area contributed by atoms with Crippen LogP contribution in [-0.4, -0.2) is 28.5 Å². The molecule has 1 rings (SSSR count). The SMILES string of the molecule is CC(C)CNC(=O)CC(C(=O)O)c1ccncc1. The molecule has 0 aliphatic rings. The number of carbonyl (C=O) groups excluding carboxylic acids is 1. The van der Waals surface area contributed by atoms with Crippen molar-refractivity contribution >= 4 is 11.9 Å². The standard InChI is InChI=1S/C13H18N2O3/c1-9(2)8-15-12(16)7-11(13(17)18)10-3-5-14-6-4-10/h3-6,9,11H,7-8H2,1-2H3,(H,15,16)(H,17,18). The second-order valence-corrected chi connectivity index (χ2v) is 4.57. The maximum absolute atomic E-state index is 11.6. The van der Waals surface area contributed by atoms with Crippen molar-refractivity contribution in [3.8, 4) is 0 Å². The fourth-order valence-corrected chi connectivity index (χ4v) is 1.52. The van der Waals surface area contributed by atoms with Crippen LogP contribution in [0.5, 0.6) is 0 Å². The monoisotopic (exact) mass is 250 g/mol. The topological polar surface area (TPSA) is 79.3 Å². The molecule has 0 spiro atoms. The van der Waals surface area contributed by atoms with E-state index in [1.807, 2.05) is 13.8 Å². The minimum atomic E-state index is -0.999. The van der Waals surface area contributed by atoms with Crippen molar-refractivity contribution in [2.24, 2.45) is 5.92 Å². The van der Waals surface area contributed by atoms with Gasteiger partial charge in [0.2, 0.25) is 5.91 Å². The third kappa shape index (κ3) is 4.53. The Hall–Kier alpha value is -1.91. The summed E-state index contributed by atoms with van der Waals surface area (Å²) in [5, 5.41) is 11.9. The van der Waals surface area contributed by atoms with Gasteiger partial charge in [-0.05, 0) is 23.6 Å². The second-order valence-electron chi connectivity index (χ2n) is 4.57. The van der Waals surface area contributed by atoms with Crippen LogP contribution in [0.3, 0.4) is 0 Å². The number of carbonyl (C=O) groups is 2. The summed E-state index contributed by atoms with van der Waals surface area (Å²) < 4.78 is 0. The van der Waals surface area contributed by atoms with Crippen LogP contribution in [0, 0.1) is 5.92 Å². The Morgan fingerprint density at radius 3 is 2.44 bits per heavy atom. The van der Waals surface area contributed by atoms with Crippen LogP contribution in [0.4, 0.5) is 0 Å². The molecule has 5 heteroatoms. The van der Waals surface area contributed by atoms with E-state index in [0.717, 1.165) is 0 Å². The molecule has 0 saturated carbocycles. The molecule has 0 aliphatic carbocycles. The summed E-state index contributed by atoms with van der Waals surface area (Å²) in [7, 11) is 0. The first kappa shape index (κ1) is 14.2. The maximum atomic E-state index is 11.6. The van der Waals surface area contributed by atoms with Gasteiger partial charge in [0.15, 0.2) is 0 Å². The highest BCUT2D eigenvalue weighted by molar-refractivity contribution is 5.85. The Bertz CT molecular complexity index is 404. The lowest BCUT2D eigenvalue weighted by atomic mass is 9.96. The molecule has 98 valence electrons. The molecule has 0 saturated heterocycles. The highest BCUT2D eigenvalue weighted by Gasteiger charge is 2.23. The first-order valence-corrected chi connectivity index (χ1v) is 5.90. The number of hydrogen-bond donors (Lipinski definition) is 2. The van der Waals surface area contributed by atoms with E-state index in [1.165, 1.54) is 12.4 Å². The van der Waals surface area contributed by atoms with Gasteiger partial charge >= 0.3 is 5.97 Å². The molecule has 5 nitrogen and oxygen atoms in total. The van der Waals surface area contributed by atoms with Gasteiger partial charge in [0.1, 0.15) is 0 Å². The molecule has 0 fully saturated rings. The van der Waals surface area contributed by atoms with Gasteiger partial charge in [-0.3, -0.25) is 14.6 Å². The molecular formula is C13H18N2O3. The first-order chi connectivity index (χ1) is 8.50. The lowest BCUT2D eigenvalue weighted by Gasteiger charge is -2.13. The second kappa shape index (κ2) is 6.74. The molecule has 1 atom stereocenters. The Kier molecular flexibility index (Phi) is 5.30.